The highest BCUT2D eigenvalue weighted by atomic mass is 16.2. The van der Waals surface area contributed by atoms with Crippen molar-refractivity contribution in [2.75, 3.05) is 13.6 Å². The summed E-state index contributed by atoms with van der Waals surface area (Å²) >= 11 is 0. The standard InChI is InChI=1S/C13H27N3O/c1-10-7-5-6-8-11(10)16(4)9-13(2,3)12(17)15-14/h10-11H,5-9,14H2,1-4H3,(H,15,17). The molecule has 0 aromatic rings. The lowest BCUT2D eigenvalue weighted by Crippen LogP contribution is -2.50. The molecule has 0 heterocycles. The summed E-state index contributed by atoms with van der Waals surface area (Å²) in [5, 5.41) is 0. The maximum atomic E-state index is 11.7. The van der Waals surface area contributed by atoms with Gasteiger partial charge in [-0.2, -0.15) is 0 Å². The van der Waals surface area contributed by atoms with Crippen LogP contribution in [0.5, 0.6) is 0 Å². The van der Waals surface area contributed by atoms with Gasteiger partial charge in [0.25, 0.3) is 0 Å². The van der Waals surface area contributed by atoms with Crippen LogP contribution in [0.25, 0.3) is 0 Å². The lowest BCUT2D eigenvalue weighted by Gasteiger charge is -2.39. The highest BCUT2D eigenvalue weighted by Crippen LogP contribution is 2.29. The second-order valence-electron chi connectivity index (χ2n) is 6.10. The minimum atomic E-state index is -0.430. The number of nitrogens with zero attached hydrogens (tertiary/aromatic N) is 1. The van der Waals surface area contributed by atoms with Crippen LogP contribution >= 0.6 is 0 Å². The molecule has 0 aliphatic heterocycles. The molecule has 0 saturated heterocycles. The van der Waals surface area contributed by atoms with Crippen molar-refractivity contribution in [2.24, 2.45) is 17.2 Å². The van der Waals surface area contributed by atoms with Crippen LogP contribution in [0.4, 0.5) is 0 Å². The van der Waals surface area contributed by atoms with Crippen LogP contribution in [0.3, 0.4) is 0 Å². The maximum absolute atomic E-state index is 11.7. The molecule has 0 spiro atoms. The zero-order valence-electron chi connectivity index (χ0n) is 11.6. The summed E-state index contributed by atoms with van der Waals surface area (Å²) in [6, 6.07) is 0.605. The van der Waals surface area contributed by atoms with Gasteiger partial charge in [-0.25, -0.2) is 5.84 Å². The number of amides is 1. The second-order valence-corrected chi connectivity index (χ2v) is 6.10. The first kappa shape index (κ1) is 14.5. The van der Waals surface area contributed by atoms with E-state index in [4.69, 9.17) is 5.84 Å². The Labute approximate surface area is 105 Å². The fourth-order valence-corrected chi connectivity index (χ4v) is 2.96. The van der Waals surface area contributed by atoms with E-state index in [1.165, 1.54) is 25.7 Å². The lowest BCUT2D eigenvalue weighted by molar-refractivity contribution is -0.130. The van der Waals surface area contributed by atoms with E-state index in [0.29, 0.717) is 6.04 Å². The first-order chi connectivity index (χ1) is 7.88. The number of nitrogens with two attached hydrogens (primary N) is 1. The summed E-state index contributed by atoms with van der Waals surface area (Å²) in [7, 11) is 2.12. The van der Waals surface area contributed by atoms with Gasteiger partial charge in [-0.3, -0.25) is 10.2 Å². The van der Waals surface area contributed by atoms with Gasteiger partial charge >= 0.3 is 0 Å². The molecule has 0 aromatic carbocycles. The Morgan fingerprint density at radius 1 is 1.41 bits per heavy atom. The van der Waals surface area contributed by atoms with E-state index >= 15 is 0 Å². The van der Waals surface area contributed by atoms with E-state index in [1.54, 1.807) is 0 Å². The van der Waals surface area contributed by atoms with Gasteiger partial charge in [-0.05, 0) is 39.7 Å². The Hall–Kier alpha value is -0.610. The van der Waals surface area contributed by atoms with Crippen LogP contribution in [0.1, 0.15) is 46.5 Å². The quantitative estimate of drug-likeness (QED) is 0.445. The molecule has 17 heavy (non-hydrogen) atoms. The predicted octanol–water partition coefficient (Wildman–Crippen LogP) is 1.51. The van der Waals surface area contributed by atoms with Crippen molar-refractivity contribution in [1.29, 1.82) is 0 Å². The van der Waals surface area contributed by atoms with Crippen molar-refractivity contribution in [1.82, 2.24) is 10.3 Å². The zero-order valence-corrected chi connectivity index (χ0v) is 11.6. The van der Waals surface area contributed by atoms with E-state index in [1.807, 2.05) is 13.8 Å². The summed E-state index contributed by atoms with van der Waals surface area (Å²) in [5.74, 6) is 5.86. The van der Waals surface area contributed by atoms with Crippen LogP contribution < -0.4 is 11.3 Å². The molecule has 1 fully saturated rings. The minimum Gasteiger partial charge on any atom is -0.302 e. The second kappa shape index (κ2) is 5.83. The summed E-state index contributed by atoms with van der Waals surface area (Å²) in [6.07, 6.45) is 5.21. The molecular weight excluding hydrogens is 214 g/mol. The minimum absolute atomic E-state index is 0.0900. The van der Waals surface area contributed by atoms with Crippen molar-refractivity contribution in [3.8, 4) is 0 Å². The number of hydrogen-bond donors (Lipinski definition) is 2. The van der Waals surface area contributed by atoms with Crippen LogP contribution in [-0.4, -0.2) is 30.4 Å². The highest BCUT2D eigenvalue weighted by Gasteiger charge is 2.33. The molecule has 1 aliphatic rings. The first-order valence-corrected chi connectivity index (χ1v) is 6.60. The molecular formula is C13H27N3O. The van der Waals surface area contributed by atoms with E-state index in [9.17, 15) is 4.79 Å². The van der Waals surface area contributed by atoms with Gasteiger partial charge in [0.1, 0.15) is 0 Å². The Morgan fingerprint density at radius 3 is 2.53 bits per heavy atom. The molecule has 1 amide bonds. The Morgan fingerprint density at radius 2 is 2.00 bits per heavy atom. The monoisotopic (exact) mass is 241 g/mol. The van der Waals surface area contributed by atoms with E-state index in [-0.39, 0.29) is 5.91 Å². The van der Waals surface area contributed by atoms with Gasteiger partial charge in [0, 0.05) is 12.6 Å². The van der Waals surface area contributed by atoms with Crippen LogP contribution in [0.15, 0.2) is 0 Å². The number of carbonyl (C=O) groups excluding carboxylic acids is 1. The summed E-state index contributed by atoms with van der Waals surface area (Å²) in [5.41, 5.74) is 1.83. The van der Waals surface area contributed by atoms with Crippen molar-refractivity contribution >= 4 is 5.91 Å². The average Bonchev–Trinajstić information content (AvgIpc) is 2.27. The van der Waals surface area contributed by atoms with Gasteiger partial charge < -0.3 is 4.90 Å². The number of rotatable bonds is 4. The van der Waals surface area contributed by atoms with Crippen LogP contribution in [-0.2, 0) is 4.79 Å². The Kier molecular flexibility index (Phi) is 4.95. The summed E-state index contributed by atoms with van der Waals surface area (Å²) in [6.45, 7) is 6.96. The molecule has 3 N–H and O–H groups in total. The number of hydrazine groups is 1. The Balaban J connectivity index is 2.58. The highest BCUT2D eigenvalue weighted by molar-refractivity contribution is 5.81. The molecule has 100 valence electrons. The SMILES string of the molecule is CC1CCCCC1N(C)CC(C)(C)C(=O)NN. The molecule has 0 aromatic heterocycles. The van der Waals surface area contributed by atoms with Crippen LogP contribution in [0, 0.1) is 11.3 Å². The molecule has 4 nitrogen and oxygen atoms in total. The van der Waals surface area contributed by atoms with E-state index in [0.717, 1.165) is 12.5 Å². The normalized spacial score (nSPS) is 26.0. The van der Waals surface area contributed by atoms with Gasteiger partial charge in [0.2, 0.25) is 5.91 Å². The third-order valence-electron chi connectivity index (χ3n) is 4.02. The third kappa shape index (κ3) is 3.68. The van der Waals surface area contributed by atoms with Crippen LogP contribution in [0.2, 0.25) is 0 Å². The van der Waals surface area contributed by atoms with Crippen molar-refractivity contribution in [2.45, 2.75) is 52.5 Å². The fourth-order valence-electron chi connectivity index (χ4n) is 2.96. The molecule has 1 aliphatic carbocycles. The smallest absolute Gasteiger partial charge is 0.240 e. The number of carbonyl (C=O) groups is 1. The molecule has 1 saturated carbocycles. The van der Waals surface area contributed by atoms with Crippen molar-refractivity contribution in [3.05, 3.63) is 0 Å². The predicted molar refractivity (Wildman–Crippen MR) is 70.2 cm³/mol. The molecule has 1 rings (SSSR count). The molecule has 0 bridgehead atoms. The summed E-state index contributed by atoms with van der Waals surface area (Å²) in [4.78, 5) is 14.0. The molecule has 2 atom stereocenters. The third-order valence-corrected chi connectivity index (χ3v) is 4.02. The fraction of sp³-hybridized carbons (Fsp3) is 0.923. The van der Waals surface area contributed by atoms with E-state index in [2.05, 4.69) is 24.3 Å². The average molecular weight is 241 g/mol. The van der Waals surface area contributed by atoms with Gasteiger partial charge in [-0.1, -0.05) is 19.8 Å². The molecule has 2 unspecified atom stereocenters. The maximum Gasteiger partial charge on any atom is 0.240 e. The first-order valence-electron chi connectivity index (χ1n) is 6.60. The van der Waals surface area contributed by atoms with Gasteiger partial charge in [0.15, 0.2) is 0 Å². The van der Waals surface area contributed by atoms with E-state index < -0.39 is 5.41 Å². The number of hydrogen-bond acceptors (Lipinski definition) is 3. The molecule has 0 radical (unpaired) electrons. The lowest BCUT2D eigenvalue weighted by atomic mass is 9.83. The molecule has 4 heteroatoms. The van der Waals surface area contributed by atoms with Crippen molar-refractivity contribution < 1.29 is 4.79 Å². The summed E-state index contributed by atoms with van der Waals surface area (Å²) < 4.78 is 0. The van der Waals surface area contributed by atoms with Crippen molar-refractivity contribution in [3.63, 3.8) is 0 Å². The van der Waals surface area contributed by atoms with Gasteiger partial charge in [-0.15, -0.1) is 0 Å². The Bertz CT molecular complexity index is 265. The zero-order chi connectivity index (χ0) is 13.1. The topological polar surface area (TPSA) is 58.4 Å². The number of nitrogens with one attached hydrogen (secondary N) is 1. The largest absolute Gasteiger partial charge is 0.302 e. The van der Waals surface area contributed by atoms with Gasteiger partial charge in [0.05, 0.1) is 5.41 Å².